The topological polar surface area (TPSA) is 105 Å². The Kier molecular flexibility index (Phi) is 10.8. The molecule has 1 aromatic heterocycles. The Morgan fingerprint density at radius 2 is 1.79 bits per heavy atom. The number of rotatable bonds is 10. The zero-order valence-electron chi connectivity index (χ0n) is 19.5. The molecule has 8 nitrogen and oxygen atoms in total. The van der Waals surface area contributed by atoms with Gasteiger partial charge in [-0.1, -0.05) is 41.1 Å². The van der Waals surface area contributed by atoms with Crippen molar-refractivity contribution < 1.29 is 24.6 Å². The van der Waals surface area contributed by atoms with Crippen molar-refractivity contribution in [1.29, 1.82) is 0 Å². The van der Waals surface area contributed by atoms with Gasteiger partial charge in [-0.25, -0.2) is 9.59 Å². The number of carbonyl (C=O) groups is 2. The first-order valence-corrected chi connectivity index (χ1v) is 11.7. The molecule has 182 valence electrons. The number of hydrogen-bond donors (Lipinski definition) is 2. The van der Waals surface area contributed by atoms with Crippen molar-refractivity contribution in [3.63, 3.8) is 0 Å². The molecule has 3 aromatic rings. The van der Waals surface area contributed by atoms with Crippen LogP contribution in [-0.2, 0) is 16.6 Å². The van der Waals surface area contributed by atoms with Crippen LogP contribution in [0.5, 0.6) is 5.75 Å². The number of benzene rings is 2. The van der Waals surface area contributed by atoms with Crippen LogP contribution < -0.4 is 4.84 Å². The van der Waals surface area contributed by atoms with Crippen LogP contribution in [0.4, 0.5) is 0 Å². The molecule has 0 aliphatic carbocycles. The van der Waals surface area contributed by atoms with Crippen molar-refractivity contribution in [1.82, 2.24) is 14.8 Å². The lowest BCUT2D eigenvalue weighted by atomic mass is 9.94. The fourth-order valence-corrected chi connectivity index (χ4v) is 3.85. The van der Waals surface area contributed by atoms with E-state index in [0.717, 1.165) is 36.0 Å². The number of hydrogen-bond acceptors (Lipinski definition) is 5. The summed E-state index contributed by atoms with van der Waals surface area (Å²) < 4.78 is 3.08. The molecule has 1 atom stereocenters. The first-order chi connectivity index (χ1) is 16.2. The number of carboxylic acid groups (broad SMARTS) is 2. The van der Waals surface area contributed by atoms with Crippen LogP contribution in [0.2, 0.25) is 0 Å². The number of halogens is 1. The summed E-state index contributed by atoms with van der Waals surface area (Å²) in [6.45, 7) is 3.13. The summed E-state index contributed by atoms with van der Waals surface area (Å²) in [6, 6.07) is 16.3. The summed E-state index contributed by atoms with van der Waals surface area (Å²) in [7, 11) is 4.01. The molecule has 1 heterocycles. The predicted octanol–water partition coefficient (Wildman–Crippen LogP) is 5.25. The summed E-state index contributed by atoms with van der Waals surface area (Å²) in [5.41, 5.74) is 2.39. The van der Waals surface area contributed by atoms with E-state index >= 15 is 0 Å². The molecule has 0 saturated carbocycles. The van der Waals surface area contributed by atoms with Gasteiger partial charge < -0.3 is 15.1 Å². The number of para-hydroxylation sites is 1. The quantitative estimate of drug-likeness (QED) is 0.272. The number of aromatic nitrogens is 2. The van der Waals surface area contributed by atoms with E-state index in [1.54, 1.807) is 0 Å². The highest BCUT2D eigenvalue weighted by Crippen LogP contribution is 2.31. The number of aryl methyl sites for hydroxylation is 1. The van der Waals surface area contributed by atoms with Crippen LogP contribution in [-0.4, -0.2) is 50.6 Å². The highest BCUT2D eigenvalue weighted by Gasteiger charge is 2.18. The molecule has 1 unspecified atom stereocenters. The Morgan fingerprint density at radius 1 is 1.15 bits per heavy atom. The number of carboxylic acids is 2. The van der Waals surface area contributed by atoms with Crippen LogP contribution in [0, 0.1) is 0 Å². The lowest BCUT2D eigenvalue weighted by molar-refractivity contribution is -0.134. The Labute approximate surface area is 207 Å². The largest absolute Gasteiger partial charge is 0.478 e. The van der Waals surface area contributed by atoms with Crippen molar-refractivity contribution in [2.24, 2.45) is 7.05 Å². The lowest BCUT2D eigenvalue weighted by Crippen LogP contribution is -2.24. The molecule has 0 bridgehead atoms. The third-order valence-electron chi connectivity index (χ3n) is 5.12. The fraction of sp³-hybridized carbons (Fsp3) is 0.320. The van der Waals surface area contributed by atoms with Gasteiger partial charge in [0.25, 0.3) is 0 Å². The maximum atomic E-state index is 9.55. The molecule has 9 heteroatoms. The minimum Gasteiger partial charge on any atom is -0.478 e. The minimum absolute atomic E-state index is 0.463. The maximum Gasteiger partial charge on any atom is 0.328 e. The molecule has 2 aromatic carbocycles. The van der Waals surface area contributed by atoms with E-state index < -0.39 is 11.9 Å². The van der Waals surface area contributed by atoms with Gasteiger partial charge in [0.1, 0.15) is 5.75 Å². The lowest BCUT2D eigenvalue weighted by Gasteiger charge is -2.19. The molecule has 2 N–H and O–H groups in total. The van der Waals surface area contributed by atoms with Gasteiger partial charge in [0.15, 0.2) is 0 Å². The van der Waals surface area contributed by atoms with Crippen molar-refractivity contribution in [3.8, 4) is 5.75 Å². The van der Waals surface area contributed by atoms with Gasteiger partial charge in [-0.15, -0.1) is 5.06 Å². The second kappa shape index (κ2) is 13.5. The SMILES string of the molecule is CCC(CCCN(C)Oc1ccccc1)c1nn(C)c2cc(Br)ccc12.O=C(O)C=CC(=O)O. The molecular weight excluding hydrogens is 502 g/mol. The molecule has 0 fully saturated rings. The number of fused-ring (bicyclic) bond motifs is 1. The Balaban J connectivity index is 0.000000440. The van der Waals surface area contributed by atoms with Crippen LogP contribution in [0.3, 0.4) is 0 Å². The predicted molar refractivity (Wildman–Crippen MR) is 135 cm³/mol. The summed E-state index contributed by atoms with van der Waals surface area (Å²) in [4.78, 5) is 24.9. The van der Waals surface area contributed by atoms with Crippen LogP contribution in [0.1, 0.15) is 37.8 Å². The van der Waals surface area contributed by atoms with Crippen molar-refractivity contribution >= 4 is 38.8 Å². The molecule has 0 radical (unpaired) electrons. The van der Waals surface area contributed by atoms with Crippen LogP contribution >= 0.6 is 15.9 Å². The fourth-order valence-electron chi connectivity index (χ4n) is 3.50. The zero-order valence-corrected chi connectivity index (χ0v) is 21.1. The third kappa shape index (κ3) is 8.64. The average Bonchev–Trinajstić information content (AvgIpc) is 3.12. The number of nitrogens with zero attached hydrogens (tertiary/aromatic N) is 3. The smallest absolute Gasteiger partial charge is 0.328 e. The van der Waals surface area contributed by atoms with Crippen molar-refractivity contribution in [3.05, 3.63) is 70.8 Å². The van der Waals surface area contributed by atoms with Gasteiger partial charge in [-0.2, -0.15) is 5.10 Å². The van der Waals surface area contributed by atoms with Gasteiger partial charge in [-0.3, -0.25) is 4.68 Å². The third-order valence-corrected chi connectivity index (χ3v) is 5.61. The molecule has 0 spiro atoms. The number of hydroxylamine groups is 2. The molecule has 0 amide bonds. The maximum absolute atomic E-state index is 9.55. The Hall–Kier alpha value is -3.17. The van der Waals surface area contributed by atoms with E-state index in [0.29, 0.717) is 18.1 Å². The van der Waals surface area contributed by atoms with Gasteiger partial charge in [0.2, 0.25) is 0 Å². The monoisotopic (exact) mass is 531 g/mol. The van der Waals surface area contributed by atoms with E-state index in [2.05, 4.69) is 41.1 Å². The first kappa shape index (κ1) is 27.1. The van der Waals surface area contributed by atoms with E-state index in [1.807, 2.05) is 54.2 Å². The highest BCUT2D eigenvalue weighted by atomic mass is 79.9. The second-order valence-corrected chi connectivity index (χ2v) is 8.60. The zero-order chi connectivity index (χ0) is 25.1. The van der Waals surface area contributed by atoms with E-state index in [9.17, 15) is 9.59 Å². The van der Waals surface area contributed by atoms with Gasteiger partial charge in [-0.05, 0) is 49.6 Å². The van der Waals surface area contributed by atoms with E-state index in [-0.39, 0.29) is 0 Å². The van der Waals surface area contributed by atoms with Crippen LogP contribution in [0.15, 0.2) is 65.2 Å². The van der Waals surface area contributed by atoms with E-state index in [1.165, 1.54) is 16.6 Å². The summed E-state index contributed by atoms with van der Waals surface area (Å²) >= 11 is 3.55. The average molecular weight is 532 g/mol. The molecular formula is C25H30BrN3O5. The summed E-state index contributed by atoms with van der Waals surface area (Å²) in [5, 5.41) is 23.6. The Morgan fingerprint density at radius 3 is 2.38 bits per heavy atom. The standard InChI is InChI=1S/C21H26BrN3O.C4H4O4/c1-4-16(9-8-14-24(2)26-18-10-6-5-7-11-18)21-19-13-12-17(22)15-20(19)25(3)23-21;5-3(6)1-2-4(7)8/h5-7,10-13,15-16H,4,8-9,14H2,1-3H3;1-2H,(H,5,6)(H,7,8). The highest BCUT2D eigenvalue weighted by molar-refractivity contribution is 9.10. The first-order valence-electron chi connectivity index (χ1n) is 10.9. The molecule has 0 aliphatic heterocycles. The van der Waals surface area contributed by atoms with Crippen LogP contribution in [0.25, 0.3) is 10.9 Å². The minimum atomic E-state index is -1.26. The second-order valence-electron chi connectivity index (χ2n) is 7.68. The van der Waals surface area contributed by atoms with Gasteiger partial charge >= 0.3 is 11.9 Å². The Bertz CT molecular complexity index is 1100. The summed E-state index contributed by atoms with van der Waals surface area (Å²) in [5.74, 6) is -1.17. The summed E-state index contributed by atoms with van der Waals surface area (Å²) in [6.07, 6.45) is 4.37. The van der Waals surface area contributed by atoms with Gasteiger partial charge in [0, 0.05) is 48.6 Å². The van der Waals surface area contributed by atoms with Crippen molar-refractivity contribution in [2.45, 2.75) is 32.1 Å². The molecule has 0 aliphatic rings. The van der Waals surface area contributed by atoms with Crippen molar-refractivity contribution in [2.75, 3.05) is 13.6 Å². The molecule has 34 heavy (non-hydrogen) atoms. The van der Waals surface area contributed by atoms with E-state index in [4.69, 9.17) is 20.1 Å². The van der Waals surface area contributed by atoms with Gasteiger partial charge in [0.05, 0.1) is 11.2 Å². The normalized spacial score (nSPS) is 11.9. The molecule has 0 saturated heterocycles. The molecule has 3 rings (SSSR count). The number of aliphatic carboxylic acids is 2.